The molecule has 0 saturated carbocycles. The maximum Gasteiger partial charge on any atom is 0.478 e. The highest BCUT2D eigenvalue weighted by Gasteiger charge is 2.33. The molecule has 1 aliphatic heterocycles. The molecule has 1 aromatic heterocycles. The normalized spacial score (nSPS) is 20.7. The molecule has 0 bridgehead atoms. The number of aliphatic carboxylic acids is 1. The van der Waals surface area contributed by atoms with E-state index in [0.717, 1.165) is 6.26 Å². The quantitative estimate of drug-likeness (QED) is 0.212. The van der Waals surface area contributed by atoms with Crippen LogP contribution in [0.3, 0.4) is 0 Å². The minimum absolute atomic E-state index is 0.129. The van der Waals surface area contributed by atoms with Gasteiger partial charge in [0.25, 0.3) is 12.4 Å². The van der Waals surface area contributed by atoms with E-state index in [-0.39, 0.29) is 24.9 Å². The lowest BCUT2D eigenvalue weighted by Crippen LogP contribution is -2.48. The van der Waals surface area contributed by atoms with Crippen LogP contribution in [-0.2, 0) is 23.8 Å². The summed E-state index contributed by atoms with van der Waals surface area (Å²) < 4.78 is 9.83. The monoisotopic (exact) mass is 365 g/mol. The van der Waals surface area contributed by atoms with E-state index in [2.05, 4.69) is 10.1 Å². The molecule has 2 rings (SSSR count). The second kappa shape index (κ2) is 9.16. The Morgan fingerprint density at radius 3 is 2.96 bits per heavy atom. The Balaban J connectivity index is 2.06. The summed E-state index contributed by atoms with van der Waals surface area (Å²) in [5.41, 5.74) is 0.129. The van der Waals surface area contributed by atoms with Gasteiger partial charge in [0.1, 0.15) is 6.26 Å². The van der Waals surface area contributed by atoms with Crippen LogP contribution in [0.2, 0.25) is 0 Å². The Morgan fingerprint density at radius 2 is 2.32 bits per heavy atom. The van der Waals surface area contributed by atoms with E-state index >= 15 is 0 Å². The van der Waals surface area contributed by atoms with Crippen LogP contribution in [-0.4, -0.2) is 47.6 Å². The van der Waals surface area contributed by atoms with Crippen LogP contribution in [0.1, 0.15) is 17.7 Å². The topological polar surface area (TPSA) is 122 Å². The zero-order valence-corrected chi connectivity index (χ0v) is 13.8. The predicted octanol–water partition coefficient (Wildman–Crippen LogP) is 0.586. The van der Waals surface area contributed by atoms with Crippen molar-refractivity contribution in [3.8, 4) is 0 Å². The molecule has 0 spiro atoms. The van der Waals surface area contributed by atoms with Crippen LogP contribution >= 0.6 is 11.3 Å². The summed E-state index contributed by atoms with van der Waals surface area (Å²) in [5.74, 6) is -2.39. The third kappa shape index (κ3) is 5.56. The maximum atomic E-state index is 12.5. The van der Waals surface area contributed by atoms with Crippen molar-refractivity contribution in [2.45, 2.75) is 24.9 Å². The van der Waals surface area contributed by atoms with E-state index in [1.165, 1.54) is 17.4 Å². The highest BCUT2D eigenvalue weighted by molar-refractivity contribution is 7.11. The fourth-order valence-electron chi connectivity index (χ4n) is 2.23. The molecule has 2 atom stereocenters. The van der Waals surface area contributed by atoms with Gasteiger partial charge in [-0.2, -0.15) is 0 Å². The van der Waals surface area contributed by atoms with Gasteiger partial charge >= 0.3 is 13.1 Å². The van der Waals surface area contributed by atoms with Crippen molar-refractivity contribution in [1.29, 1.82) is 0 Å². The summed E-state index contributed by atoms with van der Waals surface area (Å²) in [4.78, 5) is 34.2. The first-order valence-corrected chi connectivity index (χ1v) is 8.25. The van der Waals surface area contributed by atoms with Gasteiger partial charge in [-0.05, 0) is 17.9 Å². The van der Waals surface area contributed by atoms with Crippen LogP contribution in [0, 0.1) is 0 Å². The first-order valence-electron chi connectivity index (χ1n) is 7.37. The van der Waals surface area contributed by atoms with Crippen LogP contribution in [0.4, 0.5) is 0 Å². The molecule has 0 unspecified atom stereocenters. The number of carbonyl (C=O) groups excluding carboxylic acids is 2. The minimum Gasteiger partial charge on any atom is -0.481 e. The number of hydrogen-bond acceptors (Lipinski definition) is 7. The second-order valence-electron chi connectivity index (χ2n) is 5.15. The van der Waals surface area contributed by atoms with Crippen molar-refractivity contribution in [2.75, 3.05) is 0 Å². The number of thiophene rings is 1. The third-order valence-corrected chi connectivity index (χ3v) is 4.27. The van der Waals surface area contributed by atoms with E-state index in [1.807, 2.05) is 0 Å². The molecule has 0 radical (unpaired) electrons. The molecule has 0 saturated heterocycles. The molecule has 0 aliphatic carbocycles. The highest BCUT2D eigenvalue weighted by atomic mass is 32.1. The Bertz CT molecular complexity index is 673. The summed E-state index contributed by atoms with van der Waals surface area (Å²) in [6.45, 7) is 0.198. The van der Waals surface area contributed by atoms with Gasteiger partial charge in [0.15, 0.2) is 0 Å². The molecule has 3 N–H and O–H groups in total. The predicted molar refractivity (Wildman–Crippen MR) is 90.2 cm³/mol. The molecule has 1 amide bonds. The van der Waals surface area contributed by atoms with Crippen LogP contribution < -0.4 is 5.32 Å². The molecule has 132 valence electrons. The average molecular weight is 365 g/mol. The SMILES string of the molecule is O=CO/C=C(/C(=O)N[C@H]1CC=C[C@H](CC(=O)O)OB1O)c1cccs1. The summed E-state index contributed by atoms with van der Waals surface area (Å²) in [5, 5.41) is 23.3. The van der Waals surface area contributed by atoms with E-state index in [1.54, 1.807) is 23.6 Å². The van der Waals surface area contributed by atoms with Crippen molar-refractivity contribution in [3.05, 3.63) is 40.8 Å². The van der Waals surface area contributed by atoms with E-state index in [4.69, 9.17) is 9.76 Å². The van der Waals surface area contributed by atoms with Gasteiger partial charge in [-0.25, -0.2) is 0 Å². The summed E-state index contributed by atoms with van der Waals surface area (Å²) in [6, 6.07) is 3.43. The Kier molecular flexibility index (Phi) is 6.93. The van der Waals surface area contributed by atoms with Gasteiger partial charge in [-0.3, -0.25) is 14.4 Å². The van der Waals surface area contributed by atoms with Crippen LogP contribution in [0.25, 0.3) is 5.57 Å². The van der Waals surface area contributed by atoms with Crippen molar-refractivity contribution in [2.24, 2.45) is 0 Å². The van der Waals surface area contributed by atoms with Crippen molar-refractivity contribution < 1.29 is 33.9 Å². The lowest BCUT2D eigenvalue weighted by molar-refractivity contribution is -0.138. The highest BCUT2D eigenvalue weighted by Crippen LogP contribution is 2.21. The fraction of sp³-hybridized carbons (Fsp3) is 0.267. The van der Waals surface area contributed by atoms with E-state index in [0.29, 0.717) is 4.88 Å². The number of carboxylic acid groups (broad SMARTS) is 1. The Hall–Kier alpha value is -2.43. The smallest absolute Gasteiger partial charge is 0.478 e. The molecule has 0 fully saturated rings. The van der Waals surface area contributed by atoms with Gasteiger partial charge < -0.3 is 24.8 Å². The number of rotatable bonds is 7. The van der Waals surface area contributed by atoms with Crippen LogP contribution in [0.5, 0.6) is 0 Å². The molecular weight excluding hydrogens is 349 g/mol. The van der Waals surface area contributed by atoms with Crippen molar-refractivity contribution >= 4 is 42.4 Å². The van der Waals surface area contributed by atoms with Gasteiger partial charge in [0.05, 0.1) is 24.0 Å². The average Bonchev–Trinajstić information content (AvgIpc) is 3.02. The first kappa shape index (κ1) is 18.9. The van der Waals surface area contributed by atoms with Gasteiger partial charge in [-0.1, -0.05) is 18.2 Å². The zero-order chi connectivity index (χ0) is 18.2. The summed E-state index contributed by atoms with van der Waals surface area (Å²) in [7, 11) is -1.38. The molecular formula is C15H16BNO7S. The van der Waals surface area contributed by atoms with E-state index in [9.17, 15) is 19.4 Å². The van der Waals surface area contributed by atoms with Crippen molar-refractivity contribution in [3.63, 3.8) is 0 Å². The standard InChI is InChI=1S/C15H16BNO7S/c18-9-23-8-11(12-4-2-6-25-12)15(21)17-13-5-1-3-10(7-14(19)20)24-16(13)22/h1-4,6,8-10,13,22H,5,7H2,(H,17,21)(H,19,20)/b11-8+/t10-,13+/m1/s1. The molecule has 8 nitrogen and oxygen atoms in total. The summed E-state index contributed by atoms with van der Waals surface area (Å²) in [6.07, 6.45) is 3.40. The third-order valence-electron chi connectivity index (χ3n) is 3.36. The Labute approximate surface area is 147 Å². The first-order chi connectivity index (χ1) is 12.0. The number of carbonyl (C=O) groups is 3. The number of amides is 1. The van der Waals surface area contributed by atoms with Gasteiger partial charge in [0, 0.05) is 4.88 Å². The molecule has 25 heavy (non-hydrogen) atoms. The van der Waals surface area contributed by atoms with Gasteiger partial charge in [-0.15, -0.1) is 11.3 Å². The lowest BCUT2D eigenvalue weighted by atomic mass is 9.77. The Morgan fingerprint density at radius 1 is 1.52 bits per heavy atom. The fourth-order valence-corrected chi connectivity index (χ4v) is 2.96. The molecule has 2 heterocycles. The second-order valence-corrected chi connectivity index (χ2v) is 6.10. The maximum absolute atomic E-state index is 12.5. The molecule has 0 aromatic carbocycles. The molecule has 10 heteroatoms. The number of carboxylic acids is 1. The largest absolute Gasteiger partial charge is 0.481 e. The number of nitrogens with one attached hydrogen (secondary N) is 1. The molecule has 1 aliphatic rings. The lowest BCUT2D eigenvalue weighted by Gasteiger charge is -2.20. The van der Waals surface area contributed by atoms with Crippen molar-refractivity contribution in [1.82, 2.24) is 5.32 Å². The molecule has 1 aromatic rings. The zero-order valence-electron chi connectivity index (χ0n) is 13.0. The number of ether oxygens (including phenoxy) is 1. The van der Waals surface area contributed by atoms with E-state index < -0.39 is 31.0 Å². The van der Waals surface area contributed by atoms with Crippen LogP contribution in [0.15, 0.2) is 35.9 Å². The summed E-state index contributed by atoms with van der Waals surface area (Å²) >= 11 is 1.29. The number of hydrogen-bond donors (Lipinski definition) is 3. The minimum atomic E-state index is -1.38. The van der Waals surface area contributed by atoms with Gasteiger partial charge in [0.2, 0.25) is 0 Å².